The van der Waals surface area contributed by atoms with Crippen LogP contribution < -0.4 is 3.71 Å². The van der Waals surface area contributed by atoms with Gasteiger partial charge >= 0.3 is 173 Å². The maximum absolute atomic E-state index is 13.8. The molecule has 0 bridgehead atoms. The van der Waals surface area contributed by atoms with Gasteiger partial charge in [-0.05, 0) is 0 Å². The number of hydrogen-bond donors (Lipinski definition) is 0. The molecule has 2 aromatic rings. The van der Waals surface area contributed by atoms with Gasteiger partial charge in [0.25, 0.3) is 0 Å². The average Bonchev–Trinajstić information content (AvgIpc) is 2.99. The van der Waals surface area contributed by atoms with Crippen LogP contribution in [0, 0.1) is 5.82 Å². The van der Waals surface area contributed by atoms with Gasteiger partial charge in [-0.25, -0.2) is 0 Å². The van der Waals surface area contributed by atoms with Crippen molar-refractivity contribution in [3.05, 3.63) is 24.1 Å². The maximum atomic E-state index is 13.8. The zero-order valence-corrected chi connectivity index (χ0v) is 20.4. The molecule has 2 radical (unpaired) electrons. The number of pyridine rings is 1. The zero-order valence-electron chi connectivity index (χ0n) is 16.8. The molecule has 5 heteroatoms. The third-order valence-electron chi connectivity index (χ3n) is 5.16. The summed E-state index contributed by atoms with van der Waals surface area (Å²) in [5.74, 6) is -0.184. The summed E-state index contributed by atoms with van der Waals surface area (Å²) >= 11 is 0.712. The van der Waals surface area contributed by atoms with E-state index in [0.717, 1.165) is 10.7 Å². The fourth-order valence-electron chi connectivity index (χ4n) is 3.63. The van der Waals surface area contributed by atoms with Gasteiger partial charge in [-0.1, -0.05) is 0 Å². The second-order valence-electron chi connectivity index (χ2n) is 7.27. The molecule has 0 saturated heterocycles. The molecule has 0 spiro atoms. The van der Waals surface area contributed by atoms with E-state index in [1.165, 1.54) is 61.5 Å². The summed E-state index contributed by atoms with van der Waals surface area (Å²) < 4.78 is 17.6. The molecule has 0 N–H and O–H groups in total. The molecule has 144 valence electrons. The van der Waals surface area contributed by atoms with E-state index in [-0.39, 0.29) is 5.82 Å². The molecule has 0 aliphatic heterocycles. The summed E-state index contributed by atoms with van der Waals surface area (Å²) in [4.78, 5) is 4.99. The second-order valence-corrected chi connectivity index (χ2v) is 13.1. The Kier molecular flexibility index (Phi) is 9.28. The number of fused-ring (bicyclic) bond motifs is 1. The van der Waals surface area contributed by atoms with E-state index in [1.807, 2.05) is 16.7 Å². The quantitative estimate of drug-likeness (QED) is 0.262. The van der Waals surface area contributed by atoms with Crippen LogP contribution >= 0.6 is 11.8 Å². The SMILES string of the molecule is CCCC[C](CCCC)(CCCC)[Sn][c]1nc(SC)n2cc(F)ccc12. The Labute approximate surface area is 173 Å². The topological polar surface area (TPSA) is 17.3 Å². The minimum absolute atomic E-state index is 0.184. The van der Waals surface area contributed by atoms with Crippen molar-refractivity contribution in [1.29, 1.82) is 0 Å². The van der Waals surface area contributed by atoms with Gasteiger partial charge in [0.2, 0.25) is 0 Å². The first-order valence-electron chi connectivity index (χ1n) is 10.1. The predicted octanol–water partition coefficient (Wildman–Crippen LogP) is 6.25. The van der Waals surface area contributed by atoms with Gasteiger partial charge in [-0.2, -0.15) is 0 Å². The Balaban J connectivity index is 2.40. The van der Waals surface area contributed by atoms with E-state index in [1.54, 1.807) is 24.0 Å². The summed E-state index contributed by atoms with van der Waals surface area (Å²) in [5.41, 5.74) is 1.15. The number of unbranched alkanes of at least 4 members (excludes halogenated alkanes) is 3. The van der Waals surface area contributed by atoms with E-state index >= 15 is 0 Å². The predicted molar refractivity (Wildman–Crippen MR) is 114 cm³/mol. The van der Waals surface area contributed by atoms with Gasteiger partial charge < -0.3 is 0 Å². The molecule has 0 saturated carbocycles. The number of aromatic nitrogens is 2. The van der Waals surface area contributed by atoms with Gasteiger partial charge in [0.15, 0.2) is 0 Å². The van der Waals surface area contributed by atoms with Crippen LogP contribution in [-0.4, -0.2) is 36.8 Å². The van der Waals surface area contributed by atoms with Gasteiger partial charge in [0, 0.05) is 0 Å². The van der Waals surface area contributed by atoms with Crippen molar-refractivity contribution >= 4 is 42.1 Å². The molecule has 2 aromatic heterocycles. The van der Waals surface area contributed by atoms with Crippen molar-refractivity contribution in [3.63, 3.8) is 0 Å². The number of imidazole rings is 1. The van der Waals surface area contributed by atoms with Crippen molar-refractivity contribution in [1.82, 2.24) is 9.38 Å². The molecule has 2 rings (SSSR count). The Morgan fingerprint density at radius 2 is 1.62 bits per heavy atom. The fraction of sp³-hybridized carbons (Fsp3) is 0.667. The first kappa shape index (κ1) is 22.1. The Hall–Kier alpha value is -0.231. The Morgan fingerprint density at radius 1 is 1.04 bits per heavy atom. The third-order valence-corrected chi connectivity index (χ3v) is 11.2. The third kappa shape index (κ3) is 5.63. The van der Waals surface area contributed by atoms with Crippen LogP contribution in [-0.2, 0) is 0 Å². The number of rotatable bonds is 12. The van der Waals surface area contributed by atoms with Crippen LogP contribution in [0.4, 0.5) is 4.39 Å². The van der Waals surface area contributed by atoms with Crippen LogP contribution in [0.1, 0.15) is 78.6 Å². The summed E-state index contributed by atoms with van der Waals surface area (Å²) in [7, 11) is 0. The molecule has 0 fully saturated rings. The van der Waals surface area contributed by atoms with Crippen molar-refractivity contribution in [3.8, 4) is 0 Å². The molecule has 0 aliphatic rings. The molecular formula is C21H33FN2SSn. The number of nitrogens with zero attached hydrogens (tertiary/aromatic N) is 2. The van der Waals surface area contributed by atoms with Gasteiger partial charge in [-0.15, -0.1) is 0 Å². The molecule has 26 heavy (non-hydrogen) atoms. The molecule has 0 amide bonds. The molecule has 0 aliphatic carbocycles. The van der Waals surface area contributed by atoms with Crippen molar-refractivity contribution in [2.75, 3.05) is 6.26 Å². The first-order valence-corrected chi connectivity index (χ1v) is 14.2. The standard InChI is InChI=1S/C13H27.C8H6FN2S.Sn/c1-4-7-10-13(11-8-5-2)12-9-6-3;1-12-8-10-4-7-3-2-6(9)5-11(7)8;/h4-12H2,1-3H3;2-3,5H,1H3;. The first-order chi connectivity index (χ1) is 12.6. The summed E-state index contributed by atoms with van der Waals surface area (Å²) in [6.45, 7) is 6.90. The van der Waals surface area contributed by atoms with Crippen LogP contribution in [0.15, 0.2) is 23.5 Å². The van der Waals surface area contributed by atoms with Gasteiger partial charge in [0.05, 0.1) is 0 Å². The average molecular weight is 483 g/mol. The molecule has 0 aromatic carbocycles. The van der Waals surface area contributed by atoms with E-state index < -0.39 is 21.1 Å². The van der Waals surface area contributed by atoms with E-state index in [4.69, 9.17) is 4.98 Å². The number of thioether (sulfide) groups is 1. The Bertz CT molecular complexity index is 664. The van der Waals surface area contributed by atoms with Crippen LogP contribution in [0.2, 0.25) is 3.43 Å². The van der Waals surface area contributed by atoms with Crippen molar-refractivity contribution in [2.45, 2.75) is 87.1 Å². The normalized spacial score (nSPS) is 12.2. The van der Waals surface area contributed by atoms with E-state index in [2.05, 4.69) is 20.8 Å². The monoisotopic (exact) mass is 484 g/mol. The van der Waals surface area contributed by atoms with Crippen molar-refractivity contribution in [2.24, 2.45) is 0 Å². The van der Waals surface area contributed by atoms with Gasteiger partial charge in [-0.3, -0.25) is 0 Å². The van der Waals surface area contributed by atoms with Crippen molar-refractivity contribution < 1.29 is 4.39 Å². The zero-order chi connectivity index (χ0) is 19.0. The fourth-order valence-corrected chi connectivity index (χ4v) is 9.82. The number of halogens is 1. The summed E-state index contributed by atoms with van der Waals surface area (Å²) in [6, 6.07) is 3.54. The minimum atomic E-state index is -0.908. The van der Waals surface area contributed by atoms with E-state index in [0.29, 0.717) is 3.43 Å². The van der Waals surface area contributed by atoms with Gasteiger partial charge in [0.1, 0.15) is 0 Å². The van der Waals surface area contributed by atoms with Crippen LogP contribution in [0.25, 0.3) is 5.52 Å². The summed E-state index contributed by atoms with van der Waals surface area (Å²) in [6.07, 6.45) is 15.5. The Morgan fingerprint density at radius 3 is 2.12 bits per heavy atom. The second kappa shape index (κ2) is 10.9. The molecule has 2 heterocycles. The molecule has 0 atom stereocenters. The molecule has 0 unspecified atom stereocenters. The molecule has 2 nitrogen and oxygen atoms in total. The van der Waals surface area contributed by atoms with Crippen LogP contribution in [0.5, 0.6) is 0 Å². The van der Waals surface area contributed by atoms with E-state index in [9.17, 15) is 4.39 Å². The molecular weight excluding hydrogens is 450 g/mol. The summed E-state index contributed by atoms with van der Waals surface area (Å²) in [5, 5.41) is 0.936. The number of hydrogen-bond acceptors (Lipinski definition) is 2. The van der Waals surface area contributed by atoms with Crippen LogP contribution in [0.3, 0.4) is 0 Å².